The molecule has 86 valence electrons. The van der Waals surface area contributed by atoms with Gasteiger partial charge in [-0.15, -0.1) is 0 Å². The molecule has 0 atom stereocenters. The molecule has 1 aliphatic rings. The summed E-state index contributed by atoms with van der Waals surface area (Å²) in [6.07, 6.45) is 3.70. The smallest absolute Gasteiger partial charge is 0.338 e. The zero-order valence-corrected chi connectivity index (χ0v) is 8.87. The highest BCUT2D eigenvalue weighted by Crippen LogP contribution is 2.32. The van der Waals surface area contributed by atoms with E-state index < -0.39 is 11.8 Å². The fourth-order valence-electron chi connectivity index (χ4n) is 1.63. The Morgan fingerprint density at radius 1 is 1.50 bits per heavy atom. The van der Waals surface area contributed by atoms with Crippen molar-refractivity contribution in [3.63, 3.8) is 0 Å². The minimum atomic E-state index is -1.23. The van der Waals surface area contributed by atoms with Gasteiger partial charge in [0, 0.05) is 12.2 Å². The van der Waals surface area contributed by atoms with Crippen molar-refractivity contribution in [3.8, 4) is 0 Å². The summed E-state index contributed by atoms with van der Waals surface area (Å²) in [5.74, 6) is -1.10. The first-order valence-electron chi connectivity index (χ1n) is 5.43. The number of hydrogen-bond donors (Lipinski definition) is 2. The molecule has 0 unspecified atom stereocenters. The van der Waals surface area contributed by atoms with Gasteiger partial charge >= 0.3 is 5.97 Å². The molecule has 1 saturated carbocycles. The number of carboxylic acids is 1. The molecule has 0 aliphatic heterocycles. The van der Waals surface area contributed by atoms with Crippen LogP contribution in [0.15, 0.2) is 18.2 Å². The Bertz CT molecular complexity index is 402. The van der Waals surface area contributed by atoms with E-state index in [2.05, 4.69) is 5.32 Å². The van der Waals surface area contributed by atoms with Crippen molar-refractivity contribution in [2.24, 2.45) is 5.92 Å². The number of carbonyl (C=O) groups is 1. The van der Waals surface area contributed by atoms with E-state index in [0.29, 0.717) is 5.69 Å². The molecule has 0 radical (unpaired) electrons. The molecule has 0 saturated heterocycles. The summed E-state index contributed by atoms with van der Waals surface area (Å²) in [7, 11) is 0. The second kappa shape index (κ2) is 4.51. The summed E-state index contributed by atoms with van der Waals surface area (Å²) in [6.45, 7) is 0.816. The first-order valence-corrected chi connectivity index (χ1v) is 5.43. The molecule has 0 spiro atoms. The topological polar surface area (TPSA) is 49.3 Å². The fourth-order valence-corrected chi connectivity index (χ4v) is 1.63. The Kier molecular flexibility index (Phi) is 3.08. The van der Waals surface area contributed by atoms with Gasteiger partial charge in [-0.25, -0.2) is 9.18 Å². The number of hydrogen-bond acceptors (Lipinski definition) is 2. The van der Waals surface area contributed by atoms with Crippen molar-refractivity contribution in [2.75, 3.05) is 11.9 Å². The van der Waals surface area contributed by atoms with Crippen molar-refractivity contribution in [1.82, 2.24) is 0 Å². The SMILES string of the molecule is O=C(O)c1ccc(NCCC2CC2)cc1F. The molecule has 2 N–H and O–H groups in total. The lowest BCUT2D eigenvalue weighted by molar-refractivity contribution is 0.0692. The van der Waals surface area contributed by atoms with Crippen molar-refractivity contribution in [1.29, 1.82) is 0 Å². The normalized spacial score (nSPS) is 14.8. The number of carboxylic acid groups (broad SMARTS) is 1. The summed E-state index contributed by atoms with van der Waals surface area (Å²) in [4.78, 5) is 10.6. The maximum Gasteiger partial charge on any atom is 0.338 e. The monoisotopic (exact) mass is 223 g/mol. The lowest BCUT2D eigenvalue weighted by Crippen LogP contribution is -2.05. The van der Waals surface area contributed by atoms with Crippen LogP contribution >= 0.6 is 0 Å². The summed E-state index contributed by atoms with van der Waals surface area (Å²) >= 11 is 0. The predicted molar refractivity (Wildman–Crippen MR) is 59.2 cm³/mol. The number of aromatic carboxylic acids is 1. The van der Waals surface area contributed by atoms with Crippen LogP contribution in [0, 0.1) is 11.7 Å². The third-order valence-corrected chi connectivity index (χ3v) is 2.78. The van der Waals surface area contributed by atoms with Gasteiger partial charge < -0.3 is 10.4 Å². The maximum absolute atomic E-state index is 13.3. The molecule has 0 heterocycles. The van der Waals surface area contributed by atoms with Crippen molar-refractivity contribution in [3.05, 3.63) is 29.6 Å². The minimum absolute atomic E-state index is 0.284. The molecular weight excluding hydrogens is 209 g/mol. The van der Waals surface area contributed by atoms with Crippen LogP contribution in [0.4, 0.5) is 10.1 Å². The number of benzene rings is 1. The standard InChI is InChI=1S/C12H14FNO2/c13-11-7-9(3-4-10(11)12(15)16)14-6-5-8-1-2-8/h3-4,7-8,14H,1-2,5-6H2,(H,15,16). The van der Waals surface area contributed by atoms with E-state index >= 15 is 0 Å². The molecule has 0 bridgehead atoms. The first-order chi connectivity index (χ1) is 7.66. The van der Waals surface area contributed by atoms with Crippen LogP contribution in [0.25, 0.3) is 0 Å². The quantitative estimate of drug-likeness (QED) is 0.806. The molecule has 0 aromatic heterocycles. The Hall–Kier alpha value is -1.58. The van der Waals surface area contributed by atoms with E-state index in [-0.39, 0.29) is 5.56 Å². The predicted octanol–water partition coefficient (Wildman–Crippen LogP) is 2.74. The number of nitrogens with one attached hydrogen (secondary N) is 1. The van der Waals surface area contributed by atoms with Gasteiger partial charge in [0.05, 0.1) is 5.56 Å². The van der Waals surface area contributed by atoms with Gasteiger partial charge in [-0.3, -0.25) is 0 Å². The van der Waals surface area contributed by atoms with Crippen LogP contribution in [0.5, 0.6) is 0 Å². The molecule has 1 aromatic rings. The summed E-state index contributed by atoms with van der Waals surface area (Å²) in [5, 5.41) is 11.7. The average molecular weight is 223 g/mol. The van der Waals surface area contributed by atoms with Gasteiger partial charge in [-0.05, 0) is 30.5 Å². The maximum atomic E-state index is 13.3. The van der Waals surface area contributed by atoms with Crippen molar-refractivity contribution >= 4 is 11.7 Å². The Balaban J connectivity index is 1.93. The van der Waals surface area contributed by atoms with Gasteiger partial charge in [-0.2, -0.15) is 0 Å². The van der Waals surface area contributed by atoms with E-state index in [9.17, 15) is 9.18 Å². The Labute approximate surface area is 93.3 Å². The van der Waals surface area contributed by atoms with Crippen LogP contribution in [0.3, 0.4) is 0 Å². The molecule has 1 aliphatic carbocycles. The summed E-state index contributed by atoms with van der Waals surface area (Å²) < 4.78 is 13.3. The van der Waals surface area contributed by atoms with E-state index in [1.165, 1.54) is 25.0 Å². The first kappa shape index (κ1) is 10.9. The van der Waals surface area contributed by atoms with Crippen LogP contribution in [0.1, 0.15) is 29.6 Å². The molecule has 2 rings (SSSR count). The third kappa shape index (κ3) is 2.72. The van der Waals surface area contributed by atoms with Crippen LogP contribution < -0.4 is 5.32 Å². The van der Waals surface area contributed by atoms with Gasteiger partial charge in [0.1, 0.15) is 5.82 Å². The second-order valence-corrected chi connectivity index (χ2v) is 4.16. The van der Waals surface area contributed by atoms with Crippen molar-refractivity contribution in [2.45, 2.75) is 19.3 Å². The molecule has 4 heteroatoms. The van der Waals surface area contributed by atoms with E-state index in [0.717, 1.165) is 18.9 Å². The number of halogens is 1. The van der Waals surface area contributed by atoms with Gasteiger partial charge in [-0.1, -0.05) is 12.8 Å². The average Bonchev–Trinajstić information content (AvgIpc) is 3.01. The zero-order valence-electron chi connectivity index (χ0n) is 8.87. The van der Waals surface area contributed by atoms with Crippen LogP contribution in [-0.2, 0) is 0 Å². The third-order valence-electron chi connectivity index (χ3n) is 2.78. The van der Waals surface area contributed by atoms with Crippen LogP contribution in [0.2, 0.25) is 0 Å². The Morgan fingerprint density at radius 2 is 2.25 bits per heavy atom. The zero-order chi connectivity index (χ0) is 11.5. The van der Waals surface area contributed by atoms with Crippen molar-refractivity contribution < 1.29 is 14.3 Å². The highest BCUT2D eigenvalue weighted by Gasteiger charge is 2.20. The lowest BCUT2D eigenvalue weighted by atomic mass is 10.2. The van der Waals surface area contributed by atoms with E-state index in [4.69, 9.17) is 5.11 Å². The minimum Gasteiger partial charge on any atom is -0.478 e. The molecule has 0 amide bonds. The summed E-state index contributed by atoms with van der Waals surface area (Å²) in [6, 6.07) is 4.12. The van der Waals surface area contributed by atoms with Crippen LogP contribution in [-0.4, -0.2) is 17.6 Å². The molecule has 16 heavy (non-hydrogen) atoms. The summed E-state index contributed by atoms with van der Waals surface area (Å²) in [5.41, 5.74) is 0.357. The molecule has 3 nitrogen and oxygen atoms in total. The highest BCUT2D eigenvalue weighted by atomic mass is 19.1. The molecule has 1 fully saturated rings. The van der Waals surface area contributed by atoms with Gasteiger partial charge in [0.25, 0.3) is 0 Å². The molecular formula is C12H14FNO2. The fraction of sp³-hybridized carbons (Fsp3) is 0.417. The van der Waals surface area contributed by atoms with Gasteiger partial charge in [0.15, 0.2) is 0 Å². The second-order valence-electron chi connectivity index (χ2n) is 4.16. The van der Waals surface area contributed by atoms with E-state index in [1.807, 2.05) is 0 Å². The number of rotatable bonds is 5. The molecule has 1 aromatic carbocycles. The number of anilines is 1. The highest BCUT2D eigenvalue weighted by molar-refractivity contribution is 5.88. The Morgan fingerprint density at radius 3 is 2.81 bits per heavy atom. The lowest BCUT2D eigenvalue weighted by Gasteiger charge is -2.06. The van der Waals surface area contributed by atoms with E-state index in [1.54, 1.807) is 6.07 Å². The van der Waals surface area contributed by atoms with Gasteiger partial charge in [0.2, 0.25) is 0 Å². The largest absolute Gasteiger partial charge is 0.478 e.